The number of benzene rings is 1. The van der Waals surface area contributed by atoms with E-state index < -0.39 is 17.5 Å². The van der Waals surface area contributed by atoms with E-state index in [-0.39, 0.29) is 5.56 Å². The molecule has 0 spiro atoms. The van der Waals surface area contributed by atoms with E-state index in [1.54, 1.807) is 0 Å². The fraction of sp³-hybridized carbons (Fsp3) is 0.412. The van der Waals surface area contributed by atoms with Crippen LogP contribution in [0, 0.1) is 17.6 Å². The molecular formula is C17H19F2N3OS. The first-order valence-corrected chi connectivity index (χ1v) is 8.82. The van der Waals surface area contributed by atoms with Gasteiger partial charge in [-0.25, -0.2) is 13.8 Å². The van der Waals surface area contributed by atoms with Crippen LogP contribution in [0.2, 0.25) is 0 Å². The molecule has 1 unspecified atom stereocenters. The van der Waals surface area contributed by atoms with Crippen LogP contribution >= 0.6 is 11.3 Å². The number of piperidine rings is 1. The number of carbonyl (C=O) groups is 1. The number of rotatable bonds is 4. The molecule has 1 aliphatic heterocycles. The molecule has 3 rings (SSSR count). The molecule has 0 saturated carbocycles. The number of carbonyl (C=O) groups excluding carboxylic acids is 1. The summed E-state index contributed by atoms with van der Waals surface area (Å²) >= 11 is 1.31. The van der Waals surface area contributed by atoms with E-state index in [1.165, 1.54) is 24.2 Å². The molecule has 4 nitrogen and oxygen atoms in total. The van der Waals surface area contributed by atoms with Crippen molar-refractivity contribution < 1.29 is 13.6 Å². The van der Waals surface area contributed by atoms with Crippen LogP contribution in [0.25, 0.3) is 0 Å². The summed E-state index contributed by atoms with van der Waals surface area (Å²) in [5.74, 6) is -1.43. The van der Waals surface area contributed by atoms with Gasteiger partial charge in [-0.05, 0) is 37.4 Å². The second-order valence-corrected chi connectivity index (χ2v) is 7.10. The third-order valence-corrected chi connectivity index (χ3v) is 4.83. The van der Waals surface area contributed by atoms with E-state index in [2.05, 4.69) is 22.1 Å². The van der Waals surface area contributed by atoms with Crippen LogP contribution < -0.4 is 5.32 Å². The Morgan fingerprint density at radius 2 is 2.12 bits per heavy atom. The van der Waals surface area contributed by atoms with Gasteiger partial charge in [-0.15, -0.1) is 11.3 Å². The lowest BCUT2D eigenvalue weighted by atomic mass is 10.0. The summed E-state index contributed by atoms with van der Waals surface area (Å²) in [7, 11) is 0. The predicted octanol–water partition coefficient (Wildman–Crippen LogP) is 3.91. The molecule has 2 heterocycles. The third kappa shape index (κ3) is 4.36. The zero-order valence-electron chi connectivity index (χ0n) is 13.4. The van der Waals surface area contributed by atoms with Crippen LogP contribution in [-0.4, -0.2) is 28.9 Å². The average Bonchev–Trinajstić information content (AvgIpc) is 2.93. The summed E-state index contributed by atoms with van der Waals surface area (Å²) in [4.78, 5) is 18.8. The summed E-state index contributed by atoms with van der Waals surface area (Å²) in [5, 5.41) is 4.93. The summed E-state index contributed by atoms with van der Waals surface area (Å²) in [6.07, 6.45) is 2.46. The number of anilines is 1. The van der Waals surface area contributed by atoms with Crippen molar-refractivity contribution in [2.45, 2.75) is 26.3 Å². The van der Waals surface area contributed by atoms with Crippen molar-refractivity contribution in [1.29, 1.82) is 0 Å². The van der Waals surface area contributed by atoms with Crippen LogP contribution in [-0.2, 0) is 6.54 Å². The highest BCUT2D eigenvalue weighted by molar-refractivity contribution is 7.13. The van der Waals surface area contributed by atoms with Crippen LogP contribution in [0.5, 0.6) is 0 Å². The second-order valence-electron chi connectivity index (χ2n) is 6.24. The molecule has 1 fully saturated rings. The smallest absolute Gasteiger partial charge is 0.257 e. The molecule has 1 amide bonds. The Kier molecular flexibility index (Phi) is 5.20. The molecule has 1 N–H and O–H groups in total. The highest BCUT2D eigenvalue weighted by atomic mass is 32.1. The monoisotopic (exact) mass is 351 g/mol. The molecule has 1 aliphatic rings. The minimum Gasteiger partial charge on any atom is -0.298 e. The standard InChI is InChI=1S/C17H19F2N3OS/c1-11-3-2-4-22(8-11)9-15-10-24-17(20-15)21-16(23)12-5-13(18)7-14(19)6-12/h5-7,10-11H,2-4,8-9H2,1H3,(H,20,21,23). The van der Waals surface area contributed by atoms with E-state index in [0.29, 0.717) is 11.0 Å². The molecule has 2 aromatic rings. The summed E-state index contributed by atoms with van der Waals surface area (Å²) in [6, 6.07) is 2.74. The van der Waals surface area contributed by atoms with Gasteiger partial charge in [0.15, 0.2) is 5.13 Å². The predicted molar refractivity (Wildman–Crippen MR) is 90.1 cm³/mol. The zero-order chi connectivity index (χ0) is 17.1. The first-order chi connectivity index (χ1) is 11.5. The SMILES string of the molecule is CC1CCCN(Cc2csc(NC(=O)c3cc(F)cc(F)c3)n2)C1. The van der Waals surface area contributed by atoms with Crippen molar-refractivity contribution in [1.82, 2.24) is 9.88 Å². The van der Waals surface area contributed by atoms with Gasteiger partial charge in [0, 0.05) is 30.1 Å². The van der Waals surface area contributed by atoms with Crippen molar-refractivity contribution in [2.24, 2.45) is 5.92 Å². The summed E-state index contributed by atoms with van der Waals surface area (Å²) in [6.45, 7) is 5.12. The zero-order valence-corrected chi connectivity index (χ0v) is 14.2. The molecule has 0 bridgehead atoms. The van der Waals surface area contributed by atoms with Gasteiger partial charge in [0.05, 0.1) is 5.69 Å². The summed E-state index contributed by atoms with van der Waals surface area (Å²) in [5.41, 5.74) is 0.837. The number of hydrogen-bond acceptors (Lipinski definition) is 4. The van der Waals surface area contributed by atoms with Crippen LogP contribution in [0.3, 0.4) is 0 Å². The van der Waals surface area contributed by atoms with Crippen molar-refractivity contribution in [3.8, 4) is 0 Å². The molecule has 24 heavy (non-hydrogen) atoms. The highest BCUT2D eigenvalue weighted by Crippen LogP contribution is 2.21. The lowest BCUT2D eigenvalue weighted by Gasteiger charge is -2.30. The second kappa shape index (κ2) is 7.36. The maximum absolute atomic E-state index is 13.2. The molecule has 7 heteroatoms. The van der Waals surface area contributed by atoms with Gasteiger partial charge in [-0.3, -0.25) is 15.0 Å². The Labute approximate surface area is 143 Å². The maximum Gasteiger partial charge on any atom is 0.257 e. The number of likely N-dealkylation sites (tertiary alicyclic amines) is 1. The normalized spacial score (nSPS) is 18.5. The van der Waals surface area contributed by atoms with Crippen molar-refractivity contribution >= 4 is 22.4 Å². The number of aromatic nitrogens is 1. The number of nitrogens with zero attached hydrogens (tertiary/aromatic N) is 2. The molecular weight excluding hydrogens is 332 g/mol. The van der Waals surface area contributed by atoms with Gasteiger partial charge >= 0.3 is 0 Å². The average molecular weight is 351 g/mol. The quantitative estimate of drug-likeness (QED) is 0.908. The van der Waals surface area contributed by atoms with Crippen LogP contribution in [0.1, 0.15) is 35.8 Å². The largest absolute Gasteiger partial charge is 0.298 e. The first kappa shape index (κ1) is 17.0. The van der Waals surface area contributed by atoms with Crippen molar-refractivity contribution in [3.05, 3.63) is 46.5 Å². The Hall–Kier alpha value is -1.86. The van der Waals surface area contributed by atoms with E-state index in [0.717, 1.165) is 43.5 Å². The summed E-state index contributed by atoms with van der Waals surface area (Å²) < 4.78 is 26.4. The highest BCUT2D eigenvalue weighted by Gasteiger charge is 2.18. The number of halogens is 2. The molecule has 1 atom stereocenters. The van der Waals surface area contributed by atoms with E-state index in [9.17, 15) is 13.6 Å². The van der Waals surface area contributed by atoms with Gasteiger partial charge in [0.1, 0.15) is 11.6 Å². The Balaban J connectivity index is 1.62. The minimum atomic E-state index is -0.779. The lowest BCUT2D eigenvalue weighted by Crippen LogP contribution is -2.33. The van der Waals surface area contributed by atoms with E-state index >= 15 is 0 Å². The van der Waals surface area contributed by atoms with Crippen molar-refractivity contribution in [2.75, 3.05) is 18.4 Å². The number of thiazole rings is 1. The first-order valence-electron chi connectivity index (χ1n) is 7.94. The Morgan fingerprint density at radius 3 is 2.83 bits per heavy atom. The lowest BCUT2D eigenvalue weighted by molar-refractivity contribution is 0.102. The molecule has 1 saturated heterocycles. The van der Waals surface area contributed by atoms with Gasteiger partial charge in [0.2, 0.25) is 0 Å². The molecule has 1 aromatic heterocycles. The topological polar surface area (TPSA) is 45.2 Å². The third-order valence-electron chi connectivity index (χ3n) is 4.02. The molecule has 0 aliphatic carbocycles. The fourth-order valence-corrected chi connectivity index (χ4v) is 3.65. The number of nitrogens with one attached hydrogen (secondary N) is 1. The van der Waals surface area contributed by atoms with Gasteiger partial charge < -0.3 is 0 Å². The van der Waals surface area contributed by atoms with Gasteiger partial charge in [-0.1, -0.05) is 6.92 Å². The van der Waals surface area contributed by atoms with Gasteiger partial charge in [-0.2, -0.15) is 0 Å². The fourth-order valence-electron chi connectivity index (χ4n) is 2.95. The minimum absolute atomic E-state index is 0.0610. The Bertz CT molecular complexity index is 714. The molecule has 1 aromatic carbocycles. The van der Waals surface area contributed by atoms with Crippen LogP contribution in [0.15, 0.2) is 23.6 Å². The molecule has 128 valence electrons. The number of amides is 1. The van der Waals surface area contributed by atoms with E-state index in [4.69, 9.17) is 0 Å². The number of hydrogen-bond donors (Lipinski definition) is 1. The van der Waals surface area contributed by atoms with Crippen LogP contribution in [0.4, 0.5) is 13.9 Å². The molecule has 0 radical (unpaired) electrons. The van der Waals surface area contributed by atoms with Gasteiger partial charge in [0.25, 0.3) is 5.91 Å². The maximum atomic E-state index is 13.2. The van der Waals surface area contributed by atoms with Crippen molar-refractivity contribution in [3.63, 3.8) is 0 Å². The Morgan fingerprint density at radius 1 is 1.38 bits per heavy atom. The van der Waals surface area contributed by atoms with E-state index in [1.807, 2.05) is 5.38 Å².